The van der Waals surface area contributed by atoms with Crippen LogP contribution in [0.1, 0.15) is 43.0 Å². The van der Waals surface area contributed by atoms with E-state index in [9.17, 15) is 5.26 Å². The highest BCUT2D eigenvalue weighted by Crippen LogP contribution is 2.46. The first-order chi connectivity index (χ1) is 15.6. The fourth-order valence-corrected chi connectivity index (χ4v) is 4.05. The van der Waals surface area contributed by atoms with E-state index in [2.05, 4.69) is 13.0 Å². The van der Waals surface area contributed by atoms with Crippen LogP contribution in [0.25, 0.3) is 5.69 Å². The van der Waals surface area contributed by atoms with Crippen molar-refractivity contribution in [3.63, 3.8) is 0 Å². The first-order valence-corrected chi connectivity index (χ1v) is 10.7. The quantitative estimate of drug-likeness (QED) is 0.595. The van der Waals surface area contributed by atoms with Crippen molar-refractivity contribution in [1.29, 1.82) is 5.26 Å². The number of nitrogens with zero attached hydrogens (tertiary/aromatic N) is 3. The van der Waals surface area contributed by atoms with Crippen molar-refractivity contribution in [2.24, 2.45) is 5.73 Å². The summed E-state index contributed by atoms with van der Waals surface area (Å²) >= 11 is 0. The molecule has 164 valence electrons. The zero-order valence-electron chi connectivity index (χ0n) is 18.5. The van der Waals surface area contributed by atoms with Gasteiger partial charge in [0.15, 0.2) is 11.5 Å². The van der Waals surface area contributed by atoms with Crippen molar-refractivity contribution in [3.8, 4) is 29.1 Å². The number of aryl methyl sites for hydroxylation is 1. The molecule has 0 saturated heterocycles. The minimum Gasteiger partial charge on any atom is -0.493 e. The topological polar surface area (TPSA) is 95.3 Å². The molecule has 4 rings (SSSR count). The predicted molar refractivity (Wildman–Crippen MR) is 121 cm³/mol. The lowest BCUT2D eigenvalue weighted by molar-refractivity contribution is 0.310. The van der Waals surface area contributed by atoms with Crippen LogP contribution in [0, 0.1) is 11.3 Å². The molecule has 0 spiro atoms. The fourth-order valence-electron chi connectivity index (χ4n) is 4.05. The van der Waals surface area contributed by atoms with Crippen LogP contribution in [-0.2, 0) is 6.42 Å². The molecule has 1 aliphatic heterocycles. The summed E-state index contributed by atoms with van der Waals surface area (Å²) in [7, 11) is 1.60. The molecule has 2 aromatic carbocycles. The van der Waals surface area contributed by atoms with Crippen LogP contribution in [-0.4, -0.2) is 23.5 Å². The van der Waals surface area contributed by atoms with E-state index < -0.39 is 5.92 Å². The predicted octanol–water partition coefficient (Wildman–Crippen LogP) is 4.45. The summed E-state index contributed by atoms with van der Waals surface area (Å²) in [4.78, 5) is 0. The second-order valence-electron chi connectivity index (χ2n) is 7.43. The molecule has 32 heavy (non-hydrogen) atoms. The number of para-hydroxylation sites is 1. The van der Waals surface area contributed by atoms with Crippen molar-refractivity contribution in [2.75, 3.05) is 13.7 Å². The lowest BCUT2D eigenvalue weighted by Crippen LogP contribution is -2.22. The molecule has 0 amide bonds. The summed E-state index contributed by atoms with van der Waals surface area (Å²) in [5.74, 6) is 1.44. The van der Waals surface area contributed by atoms with Gasteiger partial charge in [-0.1, -0.05) is 37.6 Å². The maximum absolute atomic E-state index is 9.98. The average Bonchev–Trinajstić information content (AvgIpc) is 3.17. The number of methoxy groups -OCH3 is 1. The molecule has 7 heteroatoms. The van der Waals surface area contributed by atoms with E-state index in [4.69, 9.17) is 25.0 Å². The molecule has 3 aromatic rings. The third-order valence-electron chi connectivity index (χ3n) is 5.43. The standard InChI is InChI=1S/C25H26N4O3/c1-4-9-19-23-22(16-12-13-20(31-5-2)21(14-16)30-3)18(15-26)24(27)32-25(23)29(28-19)17-10-7-6-8-11-17/h6-8,10-14,22H,4-5,9,27H2,1-3H3. The largest absolute Gasteiger partial charge is 0.493 e. The van der Waals surface area contributed by atoms with Crippen LogP contribution >= 0.6 is 0 Å². The number of hydrogen-bond donors (Lipinski definition) is 1. The molecule has 1 atom stereocenters. The molecule has 7 nitrogen and oxygen atoms in total. The Bertz CT molecular complexity index is 1190. The van der Waals surface area contributed by atoms with Gasteiger partial charge in [-0.15, -0.1) is 0 Å². The summed E-state index contributed by atoms with van der Waals surface area (Å²) in [6.07, 6.45) is 1.65. The number of hydrogen-bond acceptors (Lipinski definition) is 6. The molecule has 0 fully saturated rings. The number of allylic oxidation sites excluding steroid dienone is 1. The number of aromatic nitrogens is 2. The summed E-state index contributed by atoms with van der Waals surface area (Å²) in [6.45, 7) is 4.55. The second-order valence-corrected chi connectivity index (χ2v) is 7.43. The highest BCUT2D eigenvalue weighted by molar-refractivity contribution is 5.59. The number of nitrogens with two attached hydrogens (primary N) is 1. The Kier molecular flexibility index (Phi) is 6.04. The van der Waals surface area contributed by atoms with Gasteiger partial charge in [0.1, 0.15) is 11.6 Å². The zero-order chi connectivity index (χ0) is 22.7. The van der Waals surface area contributed by atoms with E-state index in [-0.39, 0.29) is 5.88 Å². The lowest BCUT2D eigenvalue weighted by atomic mass is 9.83. The number of rotatable bonds is 7. The number of nitriles is 1. The monoisotopic (exact) mass is 430 g/mol. The van der Waals surface area contributed by atoms with Gasteiger partial charge in [0.25, 0.3) is 0 Å². The Morgan fingerprint density at radius 3 is 2.59 bits per heavy atom. The van der Waals surface area contributed by atoms with E-state index >= 15 is 0 Å². The summed E-state index contributed by atoms with van der Waals surface area (Å²) in [6, 6.07) is 17.7. The SMILES string of the molecule is CCCc1nn(-c2ccccc2)c2c1C(c1ccc(OCC)c(OC)c1)C(C#N)=C(N)O2. The van der Waals surface area contributed by atoms with Crippen LogP contribution in [0.15, 0.2) is 60.0 Å². The van der Waals surface area contributed by atoms with Gasteiger partial charge in [-0.3, -0.25) is 0 Å². The number of benzene rings is 2. The first kappa shape index (κ1) is 21.3. The molecular formula is C25H26N4O3. The molecule has 2 N–H and O–H groups in total. The lowest BCUT2D eigenvalue weighted by Gasteiger charge is -2.25. The molecule has 0 bridgehead atoms. The average molecular weight is 431 g/mol. The van der Waals surface area contributed by atoms with Gasteiger partial charge >= 0.3 is 0 Å². The van der Waals surface area contributed by atoms with Gasteiger partial charge in [-0.25, -0.2) is 4.68 Å². The molecule has 0 radical (unpaired) electrons. The van der Waals surface area contributed by atoms with Gasteiger partial charge in [-0.2, -0.15) is 10.4 Å². The maximum Gasteiger partial charge on any atom is 0.229 e. The molecule has 1 aromatic heterocycles. The summed E-state index contributed by atoms with van der Waals surface area (Å²) in [5.41, 5.74) is 10.1. The van der Waals surface area contributed by atoms with Gasteiger partial charge < -0.3 is 19.9 Å². The maximum atomic E-state index is 9.98. The molecule has 1 aliphatic rings. The summed E-state index contributed by atoms with van der Waals surface area (Å²) in [5, 5.41) is 14.8. The van der Waals surface area contributed by atoms with Crippen LogP contribution in [0.4, 0.5) is 0 Å². The van der Waals surface area contributed by atoms with E-state index in [1.165, 1.54) is 0 Å². The molecule has 0 aliphatic carbocycles. The highest BCUT2D eigenvalue weighted by Gasteiger charge is 2.37. The molecular weight excluding hydrogens is 404 g/mol. The van der Waals surface area contributed by atoms with E-state index in [1.807, 2.05) is 55.5 Å². The highest BCUT2D eigenvalue weighted by atomic mass is 16.5. The third kappa shape index (κ3) is 3.65. The van der Waals surface area contributed by atoms with Crippen molar-refractivity contribution in [1.82, 2.24) is 9.78 Å². The molecule has 2 heterocycles. The van der Waals surface area contributed by atoms with E-state index in [0.29, 0.717) is 29.6 Å². The fraction of sp³-hybridized carbons (Fsp3) is 0.280. The van der Waals surface area contributed by atoms with Gasteiger partial charge in [0.05, 0.1) is 36.6 Å². The Hall–Kier alpha value is -3.92. The van der Waals surface area contributed by atoms with Crippen molar-refractivity contribution < 1.29 is 14.2 Å². The Balaban J connectivity index is 1.95. The van der Waals surface area contributed by atoms with Gasteiger partial charge in [0, 0.05) is 0 Å². The Morgan fingerprint density at radius 1 is 1.16 bits per heavy atom. The molecule has 1 unspecified atom stereocenters. The van der Waals surface area contributed by atoms with Crippen LogP contribution in [0.3, 0.4) is 0 Å². The van der Waals surface area contributed by atoms with Crippen LogP contribution in [0.5, 0.6) is 17.4 Å². The third-order valence-corrected chi connectivity index (χ3v) is 5.43. The van der Waals surface area contributed by atoms with Gasteiger partial charge in [0.2, 0.25) is 11.8 Å². The first-order valence-electron chi connectivity index (χ1n) is 10.7. The van der Waals surface area contributed by atoms with Crippen molar-refractivity contribution >= 4 is 0 Å². The number of ether oxygens (including phenoxy) is 3. The van der Waals surface area contributed by atoms with E-state index in [0.717, 1.165) is 35.3 Å². The van der Waals surface area contributed by atoms with Gasteiger partial charge in [-0.05, 0) is 43.2 Å². The minimum atomic E-state index is -0.424. The minimum absolute atomic E-state index is 0.0815. The zero-order valence-corrected chi connectivity index (χ0v) is 18.5. The normalized spacial score (nSPS) is 15.0. The number of fused-ring (bicyclic) bond motifs is 1. The smallest absolute Gasteiger partial charge is 0.229 e. The second kappa shape index (κ2) is 9.06. The van der Waals surface area contributed by atoms with Crippen molar-refractivity contribution in [3.05, 3.63) is 76.8 Å². The van der Waals surface area contributed by atoms with E-state index in [1.54, 1.807) is 11.8 Å². The van der Waals surface area contributed by atoms with Crippen LogP contribution < -0.4 is 19.9 Å². The Morgan fingerprint density at radius 2 is 1.94 bits per heavy atom. The molecule has 0 saturated carbocycles. The summed E-state index contributed by atoms with van der Waals surface area (Å²) < 4.78 is 19.0. The van der Waals surface area contributed by atoms with Crippen LogP contribution in [0.2, 0.25) is 0 Å². The van der Waals surface area contributed by atoms with Crippen molar-refractivity contribution in [2.45, 2.75) is 32.6 Å². The Labute approximate surface area is 187 Å².